The predicted octanol–water partition coefficient (Wildman–Crippen LogP) is 6.33. The van der Waals surface area contributed by atoms with Crippen molar-refractivity contribution in [1.82, 2.24) is 9.99 Å². The fraction of sp³-hybridized carbons (Fsp3) is 0.226. The number of anilines is 1. The number of aromatic nitrogens is 1. The molecule has 0 aliphatic rings. The fourth-order valence-electron chi connectivity index (χ4n) is 4.41. The summed E-state index contributed by atoms with van der Waals surface area (Å²) in [5.41, 5.74) is 10.8. The largest absolute Gasteiger partial charge is 0.318 e. The number of rotatable bonds is 8. The van der Waals surface area contributed by atoms with E-state index in [1.807, 2.05) is 33.8 Å². The lowest BCUT2D eigenvalue weighted by Crippen LogP contribution is -2.39. The van der Waals surface area contributed by atoms with E-state index < -0.39 is 22.5 Å². The third-order valence-corrected chi connectivity index (χ3v) is 9.15. The number of carbonyl (C=O) groups excluding carboxylic acids is 1. The van der Waals surface area contributed by atoms with E-state index in [9.17, 15) is 13.2 Å². The van der Waals surface area contributed by atoms with Crippen molar-refractivity contribution in [3.05, 3.63) is 111 Å². The van der Waals surface area contributed by atoms with Crippen molar-refractivity contribution in [3.63, 3.8) is 0 Å². The van der Waals surface area contributed by atoms with Gasteiger partial charge in [0.05, 0.1) is 16.8 Å². The Kier molecular flexibility index (Phi) is 8.51. The number of sulfonamides is 1. The van der Waals surface area contributed by atoms with Gasteiger partial charge >= 0.3 is 0 Å². The average molecular weight is 577 g/mol. The van der Waals surface area contributed by atoms with Crippen LogP contribution in [0.2, 0.25) is 5.02 Å². The molecule has 0 unspecified atom stereocenters. The molecule has 0 aliphatic heterocycles. The first-order valence-electron chi connectivity index (χ1n) is 12.8. The molecule has 208 valence electrons. The molecule has 1 aromatic heterocycles. The van der Waals surface area contributed by atoms with Gasteiger partial charge in [-0.1, -0.05) is 41.4 Å². The molecule has 1 N–H and O–H groups in total. The van der Waals surface area contributed by atoms with Crippen molar-refractivity contribution in [2.45, 2.75) is 46.4 Å². The number of carbonyl (C=O) groups is 1. The Morgan fingerprint density at radius 2 is 1.57 bits per heavy atom. The van der Waals surface area contributed by atoms with E-state index in [0.717, 1.165) is 38.1 Å². The molecular weight excluding hydrogens is 544 g/mol. The van der Waals surface area contributed by atoms with Gasteiger partial charge in [-0.2, -0.15) is 5.10 Å². The summed E-state index contributed by atoms with van der Waals surface area (Å²) < 4.78 is 30.4. The summed E-state index contributed by atoms with van der Waals surface area (Å²) in [6.45, 7) is 11.4. The third-order valence-electron chi connectivity index (χ3n) is 6.95. The van der Waals surface area contributed by atoms with Gasteiger partial charge in [0.25, 0.3) is 15.9 Å². The van der Waals surface area contributed by atoms with Gasteiger partial charge in [0.15, 0.2) is 0 Å². The Morgan fingerprint density at radius 1 is 0.900 bits per heavy atom. The molecule has 4 aromatic rings. The average Bonchev–Trinajstić information content (AvgIpc) is 3.18. The van der Waals surface area contributed by atoms with Crippen molar-refractivity contribution in [3.8, 4) is 5.69 Å². The molecule has 0 spiro atoms. The van der Waals surface area contributed by atoms with E-state index in [-0.39, 0.29) is 10.6 Å². The molecule has 0 fully saturated rings. The summed E-state index contributed by atoms with van der Waals surface area (Å²) >= 11 is 6.31. The molecule has 0 bridgehead atoms. The number of hydrazone groups is 1. The lowest BCUT2D eigenvalue weighted by Gasteiger charge is -2.24. The van der Waals surface area contributed by atoms with Crippen LogP contribution in [0.3, 0.4) is 0 Å². The summed E-state index contributed by atoms with van der Waals surface area (Å²) in [5.74, 6) is -0.591. The topological polar surface area (TPSA) is 83.8 Å². The van der Waals surface area contributed by atoms with E-state index in [4.69, 9.17) is 11.6 Å². The first-order chi connectivity index (χ1) is 18.9. The maximum Gasteiger partial charge on any atom is 0.264 e. The van der Waals surface area contributed by atoms with Crippen LogP contribution in [0.25, 0.3) is 5.69 Å². The Hall–Kier alpha value is -3.88. The molecule has 0 saturated heterocycles. The molecule has 4 rings (SSSR count). The van der Waals surface area contributed by atoms with Crippen LogP contribution >= 0.6 is 11.6 Å². The second kappa shape index (κ2) is 11.7. The van der Waals surface area contributed by atoms with E-state index >= 15 is 0 Å². The molecule has 1 heterocycles. The van der Waals surface area contributed by atoms with E-state index in [2.05, 4.69) is 47.1 Å². The lowest BCUT2D eigenvalue weighted by molar-refractivity contribution is -0.119. The standard InChI is InChI=1S/C31H33ClN4O3S/c1-20-7-13-29(14-8-20)40(38,39)35(27-11-10-22(3)30(32)17-27)19-31(37)34-33-18-26-16-24(5)36(25(26)6)28-12-9-21(2)23(4)15-28/h7-18H,19H2,1-6H3,(H,34,37)/b33-18+. The van der Waals surface area contributed by atoms with Crippen LogP contribution in [0.5, 0.6) is 0 Å². The van der Waals surface area contributed by atoms with Crippen LogP contribution < -0.4 is 9.73 Å². The van der Waals surface area contributed by atoms with Gasteiger partial charge in [-0.25, -0.2) is 13.8 Å². The molecule has 1 amide bonds. The number of nitrogens with one attached hydrogen (secondary N) is 1. The third kappa shape index (κ3) is 6.13. The zero-order valence-corrected chi connectivity index (χ0v) is 25.1. The summed E-state index contributed by atoms with van der Waals surface area (Å²) in [6.07, 6.45) is 1.57. The Bertz CT molecular complexity index is 1710. The molecule has 40 heavy (non-hydrogen) atoms. The van der Waals surface area contributed by atoms with Gasteiger partial charge in [-0.05, 0) is 101 Å². The van der Waals surface area contributed by atoms with Crippen LogP contribution in [0.1, 0.15) is 39.2 Å². The van der Waals surface area contributed by atoms with E-state index in [0.29, 0.717) is 5.02 Å². The second-order valence-corrected chi connectivity index (χ2v) is 12.3. The zero-order valence-electron chi connectivity index (χ0n) is 23.5. The molecule has 9 heteroatoms. The summed E-state index contributed by atoms with van der Waals surface area (Å²) in [5, 5.41) is 4.54. The number of benzene rings is 3. The summed E-state index contributed by atoms with van der Waals surface area (Å²) in [6, 6.07) is 19.7. The van der Waals surface area contributed by atoms with Crippen molar-refractivity contribution >= 4 is 39.4 Å². The normalized spacial score (nSPS) is 11.7. The van der Waals surface area contributed by atoms with Crippen LogP contribution in [-0.4, -0.2) is 31.7 Å². The quantitative estimate of drug-likeness (QED) is 0.197. The van der Waals surface area contributed by atoms with E-state index in [1.165, 1.54) is 23.3 Å². The first kappa shape index (κ1) is 29.1. The second-order valence-electron chi connectivity index (χ2n) is 9.98. The van der Waals surface area contributed by atoms with Gasteiger partial charge in [0, 0.05) is 27.7 Å². The minimum absolute atomic E-state index is 0.0740. The molecule has 0 saturated carbocycles. The zero-order chi connectivity index (χ0) is 29.2. The van der Waals surface area contributed by atoms with Crippen LogP contribution in [0.15, 0.2) is 76.7 Å². The minimum atomic E-state index is -4.06. The Balaban J connectivity index is 1.57. The monoisotopic (exact) mass is 576 g/mol. The van der Waals surface area contributed by atoms with Crippen molar-refractivity contribution in [2.24, 2.45) is 5.10 Å². The Labute approximate surface area is 241 Å². The molecular formula is C31H33ClN4O3S. The van der Waals surface area contributed by atoms with Crippen molar-refractivity contribution in [1.29, 1.82) is 0 Å². The van der Waals surface area contributed by atoms with Crippen LogP contribution in [0.4, 0.5) is 5.69 Å². The van der Waals surface area contributed by atoms with Crippen LogP contribution in [-0.2, 0) is 14.8 Å². The van der Waals surface area contributed by atoms with Gasteiger partial charge < -0.3 is 4.57 Å². The highest BCUT2D eigenvalue weighted by atomic mass is 35.5. The predicted molar refractivity (Wildman–Crippen MR) is 162 cm³/mol. The fourth-order valence-corrected chi connectivity index (χ4v) is 6.00. The SMILES string of the molecule is Cc1ccc(S(=O)(=O)N(CC(=O)N/N=C/c2cc(C)n(-c3ccc(C)c(C)c3)c2C)c2ccc(C)c(Cl)c2)cc1. The highest BCUT2D eigenvalue weighted by Crippen LogP contribution is 2.28. The number of hydrogen-bond acceptors (Lipinski definition) is 4. The smallest absolute Gasteiger partial charge is 0.264 e. The van der Waals surface area contributed by atoms with Gasteiger partial charge in [-0.3, -0.25) is 9.10 Å². The van der Waals surface area contributed by atoms with Gasteiger partial charge in [0.2, 0.25) is 0 Å². The summed E-state index contributed by atoms with van der Waals surface area (Å²) in [4.78, 5) is 13.1. The van der Waals surface area contributed by atoms with Gasteiger partial charge in [-0.15, -0.1) is 0 Å². The van der Waals surface area contributed by atoms with Crippen molar-refractivity contribution < 1.29 is 13.2 Å². The lowest BCUT2D eigenvalue weighted by atomic mass is 10.1. The number of nitrogens with zero attached hydrogens (tertiary/aromatic N) is 3. The minimum Gasteiger partial charge on any atom is -0.318 e. The highest BCUT2D eigenvalue weighted by Gasteiger charge is 2.27. The highest BCUT2D eigenvalue weighted by molar-refractivity contribution is 7.92. The number of hydrogen-bond donors (Lipinski definition) is 1. The molecule has 0 radical (unpaired) electrons. The summed E-state index contributed by atoms with van der Waals surface area (Å²) in [7, 11) is -4.06. The molecule has 0 atom stereocenters. The number of halogens is 1. The maximum atomic E-state index is 13.6. The first-order valence-corrected chi connectivity index (χ1v) is 14.6. The number of aryl methyl sites for hydroxylation is 5. The Morgan fingerprint density at radius 3 is 2.23 bits per heavy atom. The van der Waals surface area contributed by atoms with Crippen LogP contribution in [0, 0.1) is 41.5 Å². The molecule has 3 aromatic carbocycles. The van der Waals surface area contributed by atoms with E-state index in [1.54, 1.807) is 36.5 Å². The van der Waals surface area contributed by atoms with Gasteiger partial charge in [0.1, 0.15) is 6.54 Å². The molecule has 0 aliphatic carbocycles. The molecule has 7 nitrogen and oxygen atoms in total. The maximum absolute atomic E-state index is 13.6. The van der Waals surface area contributed by atoms with Crippen molar-refractivity contribution in [2.75, 3.05) is 10.8 Å². The number of amides is 1.